The van der Waals surface area contributed by atoms with E-state index in [0.29, 0.717) is 6.42 Å². The molecule has 1 amide bonds. The minimum absolute atomic E-state index is 0.0285. The maximum atomic E-state index is 12.4. The van der Waals surface area contributed by atoms with Crippen LogP contribution in [-0.4, -0.2) is 16.9 Å². The van der Waals surface area contributed by atoms with Gasteiger partial charge in [0.25, 0.3) is 0 Å². The van der Waals surface area contributed by atoms with Gasteiger partial charge in [-0.05, 0) is 42.7 Å². The molecule has 1 aromatic carbocycles. The van der Waals surface area contributed by atoms with Gasteiger partial charge in [-0.15, -0.1) is 0 Å². The molecule has 0 bridgehead atoms. The first-order chi connectivity index (χ1) is 10.8. The van der Waals surface area contributed by atoms with Gasteiger partial charge in [0, 0.05) is 11.9 Å². The zero-order valence-electron chi connectivity index (χ0n) is 12.5. The minimum atomic E-state index is -0.266. The average molecular weight is 296 g/mol. The lowest BCUT2D eigenvalue weighted by Crippen LogP contribution is -2.39. The Morgan fingerprint density at radius 2 is 2.18 bits per heavy atom. The summed E-state index contributed by atoms with van der Waals surface area (Å²) in [6, 6.07) is 13.5. The molecule has 5 nitrogen and oxygen atoms in total. The van der Waals surface area contributed by atoms with Gasteiger partial charge in [-0.2, -0.15) is 0 Å². The quantitative estimate of drug-likeness (QED) is 0.809. The van der Waals surface area contributed by atoms with Crippen LogP contribution in [0.3, 0.4) is 0 Å². The lowest BCUT2D eigenvalue weighted by molar-refractivity contribution is -0.117. The SMILES string of the molecule is CCc1cccc(NC(=O)C2CC(c3ccccn3)NN2)c1. The molecule has 2 atom stereocenters. The lowest BCUT2D eigenvalue weighted by atomic mass is 10.1. The number of anilines is 1. The fourth-order valence-corrected chi connectivity index (χ4v) is 2.60. The van der Waals surface area contributed by atoms with Crippen LogP contribution in [0.4, 0.5) is 5.69 Å². The van der Waals surface area contributed by atoms with E-state index < -0.39 is 0 Å². The number of pyridine rings is 1. The van der Waals surface area contributed by atoms with Gasteiger partial charge in [0.05, 0.1) is 11.7 Å². The van der Waals surface area contributed by atoms with Crippen molar-refractivity contribution in [2.45, 2.75) is 31.8 Å². The van der Waals surface area contributed by atoms with Gasteiger partial charge in [0.2, 0.25) is 5.91 Å². The summed E-state index contributed by atoms with van der Waals surface area (Å²) in [6.45, 7) is 2.10. The third-order valence-corrected chi connectivity index (χ3v) is 3.87. The molecule has 3 rings (SSSR count). The highest BCUT2D eigenvalue weighted by molar-refractivity contribution is 5.95. The Labute approximate surface area is 130 Å². The van der Waals surface area contributed by atoms with E-state index in [9.17, 15) is 4.79 Å². The highest BCUT2D eigenvalue weighted by Gasteiger charge is 2.30. The molecule has 2 aromatic rings. The number of hydrogen-bond acceptors (Lipinski definition) is 4. The van der Waals surface area contributed by atoms with E-state index in [1.54, 1.807) is 6.20 Å². The summed E-state index contributed by atoms with van der Waals surface area (Å²) >= 11 is 0. The van der Waals surface area contributed by atoms with Crippen molar-refractivity contribution in [2.75, 3.05) is 5.32 Å². The van der Waals surface area contributed by atoms with Crippen molar-refractivity contribution in [3.05, 3.63) is 59.9 Å². The number of hydrogen-bond donors (Lipinski definition) is 3. The predicted octanol–water partition coefficient (Wildman–Crippen LogP) is 2.19. The van der Waals surface area contributed by atoms with E-state index in [0.717, 1.165) is 17.8 Å². The van der Waals surface area contributed by atoms with Crippen molar-refractivity contribution >= 4 is 11.6 Å². The van der Waals surface area contributed by atoms with Gasteiger partial charge in [0.15, 0.2) is 0 Å². The third kappa shape index (κ3) is 3.32. The number of hydrazine groups is 1. The van der Waals surface area contributed by atoms with Crippen molar-refractivity contribution in [3.8, 4) is 0 Å². The number of aromatic nitrogens is 1. The number of carbonyl (C=O) groups excluding carboxylic acids is 1. The number of nitrogens with zero attached hydrogens (tertiary/aromatic N) is 1. The molecule has 1 aromatic heterocycles. The molecule has 1 aliphatic rings. The van der Waals surface area contributed by atoms with Crippen LogP contribution >= 0.6 is 0 Å². The molecule has 1 fully saturated rings. The highest BCUT2D eigenvalue weighted by atomic mass is 16.2. The van der Waals surface area contributed by atoms with Crippen molar-refractivity contribution in [2.24, 2.45) is 0 Å². The molecular formula is C17H20N4O. The molecule has 5 heteroatoms. The summed E-state index contributed by atoms with van der Waals surface area (Å²) in [5.41, 5.74) is 9.18. The first-order valence-corrected chi connectivity index (χ1v) is 7.58. The second kappa shape index (κ2) is 6.68. The Bertz CT molecular complexity index is 644. The highest BCUT2D eigenvalue weighted by Crippen LogP contribution is 2.21. The van der Waals surface area contributed by atoms with Crippen LogP contribution in [0.15, 0.2) is 48.7 Å². The fourth-order valence-electron chi connectivity index (χ4n) is 2.60. The Balaban J connectivity index is 1.62. The number of carbonyl (C=O) groups is 1. The maximum absolute atomic E-state index is 12.4. The van der Waals surface area contributed by atoms with Crippen LogP contribution in [0, 0.1) is 0 Å². The number of rotatable bonds is 4. The molecule has 0 saturated carbocycles. The molecular weight excluding hydrogens is 276 g/mol. The molecule has 1 saturated heterocycles. The van der Waals surface area contributed by atoms with E-state index in [2.05, 4.69) is 34.1 Å². The standard InChI is InChI=1S/C17H20N4O/c1-2-12-6-5-7-13(10-12)19-17(22)16-11-15(20-21-16)14-8-3-4-9-18-14/h3-10,15-16,20-21H,2,11H2,1H3,(H,19,22). The van der Waals surface area contributed by atoms with E-state index in [1.807, 2.05) is 36.4 Å². The number of aryl methyl sites for hydroxylation is 1. The number of amides is 1. The van der Waals surface area contributed by atoms with Crippen molar-refractivity contribution < 1.29 is 4.79 Å². The van der Waals surface area contributed by atoms with Gasteiger partial charge in [-0.25, -0.2) is 10.9 Å². The van der Waals surface area contributed by atoms with Gasteiger partial charge in [-0.1, -0.05) is 25.1 Å². The summed E-state index contributed by atoms with van der Waals surface area (Å²) in [5.74, 6) is -0.0285. The van der Waals surface area contributed by atoms with Gasteiger partial charge >= 0.3 is 0 Å². The second-order valence-electron chi connectivity index (χ2n) is 5.43. The Kier molecular flexibility index (Phi) is 4.46. The minimum Gasteiger partial charge on any atom is -0.325 e. The monoisotopic (exact) mass is 296 g/mol. The van der Waals surface area contributed by atoms with Crippen molar-refractivity contribution in [1.29, 1.82) is 0 Å². The van der Waals surface area contributed by atoms with Crippen LogP contribution in [0.2, 0.25) is 0 Å². The zero-order valence-corrected chi connectivity index (χ0v) is 12.5. The molecule has 114 valence electrons. The predicted molar refractivity (Wildman–Crippen MR) is 86.1 cm³/mol. The summed E-state index contributed by atoms with van der Waals surface area (Å²) in [4.78, 5) is 16.7. The molecule has 1 aliphatic heterocycles. The molecule has 0 radical (unpaired) electrons. The number of benzene rings is 1. The maximum Gasteiger partial charge on any atom is 0.242 e. The van der Waals surface area contributed by atoms with Crippen molar-refractivity contribution in [1.82, 2.24) is 15.8 Å². The first-order valence-electron chi connectivity index (χ1n) is 7.58. The second-order valence-corrected chi connectivity index (χ2v) is 5.43. The molecule has 0 aliphatic carbocycles. The Morgan fingerprint density at radius 1 is 1.27 bits per heavy atom. The summed E-state index contributed by atoms with van der Waals surface area (Å²) in [5, 5.41) is 2.97. The summed E-state index contributed by atoms with van der Waals surface area (Å²) in [6.07, 6.45) is 3.39. The molecule has 2 unspecified atom stereocenters. The average Bonchev–Trinajstić information content (AvgIpc) is 3.06. The molecule has 2 heterocycles. The summed E-state index contributed by atoms with van der Waals surface area (Å²) in [7, 11) is 0. The molecule has 3 N–H and O–H groups in total. The molecule has 0 spiro atoms. The number of nitrogens with one attached hydrogen (secondary N) is 3. The van der Waals surface area contributed by atoms with Crippen LogP contribution < -0.4 is 16.2 Å². The van der Waals surface area contributed by atoms with E-state index in [-0.39, 0.29) is 18.0 Å². The van der Waals surface area contributed by atoms with Crippen LogP contribution in [0.25, 0.3) is 0 Å². The van der Waals surface area contributed by atoms with Crippen LogP contribution in [0.5, 0.6) is 0 Å². The van der Waals surface area contributed by atoms with Gasteiger partial charge in [-0.3, -0.25) is 9.78 Å². The van der Waals surface area contributed by atoms with Crippen LogP contribution in [-0.2, 0) is 11.2 Å². The van der Waals surface area contributed by atoms with Crippen LogP contribution in [0.1, 0.15) is 30.6 Å². The van der Waals surface area contributed by atoms with E-state index >= 15 is 0 Å². The normalized spacial score (nSPS) is 20.8. The third-order valence-electron chi connectivity index (χ3n) is 3.87. The van der Waals surface area contributed by atoms with E-state index in [4.69, 9.17) is 0 Å². The van der Waals surface area contributed by atoms with E-state index in [1.165, 1.54) is 5.56 Å². The summed E-state index contributed by atoms with van der Waals surface area (Å²) < 4.78 is 0. The topological polar surface area (TPSA) is 66.0 Å². The fraction of sp³-hybridized carbons (Fsp3) is 0.294. The van der Waals surface area contributed by atoms with Gasteiger partial charge in [0.1, 0.15) is 6.04 Å². The zero-order chi connectivity index (χ0) is 15.4. The lowest BCUT2D eigenvalue weighted by Gasteiger charge is -2.11. The Morgan fingerprint density at radius 3 is 2.95 bits per heavy atom. The molecule has 22 heavy (non-hydrogen) atoms. The Hall–Kier alpha value is -2.24. The largest absolute Gasteiger partial charge is 0.325 e. The van der Waals surface area contributed by atoms with Crippen molar-refractivity contribution in [3.63, 3.8) is 0 Å². The smallest absolute Gasteiger partial charge is 0.242 e. The first kappa shape index (κ1) is 14.7. The van der Waals surface area contributed by atoms with Gasteiger partial charge < -0.3 is 5.32 Å².